The molecule has 2 heterocycles. The number of aromatic nitrogens is 3. The summed E-state index contributed by atoms with van der Waals surface area (Å²) in [5, 5.41) is 8.90. The molecule has 0 aromatic carbocycles. The molecule has 2 fully saturated rings. The number of carbonyl (C=O) groups is 1. The minimum Gasteiger partial charge on any atom is -0.342 e. The van der Waals surface area contributed by atoms with Crippen LogP contribution in [0.4, 0.5) is 0 Å². The Morgan fingerprint density at radius 2 is 2.18 bits per heavy atom. The number of hydrogen-bond donors (Lipinski definition) is 0. The van der Waals surface area contributed by atoms with Crippen LogP contribution in [-0.4, -0.2) is 44.4 Å². The largest absolute Gasteiger partial charge is 0.342 e. The van der Waals surface area contributed by atoms with Gasteiger partial charge in [0.05, 0.1) is 5.75 Å². The van der Waals surface area contributed by atoms with Crippen LogP contribution in [0, 0.1) is 0 Å². The van der Waals surface area contributed by atoms with E-state index in [0.29, 0.717) is 11.8 Å². The molecule has 5 nitrogen and oxygen atoms in total. The van der Waals surface area contributed by atoms with Gasteiger partial charge in [-0.05, 0) is 25.7 Å². The van der Waals surface area contributed by atoms with Gasteiger partial charge in [0.2, 0.25) is 5.91 Å². The van der Waals surface area contributed by atoms with Crippen molar-refractivity contribution in [3.05, 3.63) is 6.33 Å². The summed E-state index contributed by atoms with van der Waals surface area (Å²) in [5.74, 6) is 0.726. The summed E-state index contributed by atoms with van der Waals surface area (Å²) in [5.41, 5.74) is 0. The van der Waals surface area contributed by atoms with Gasteiger partial charge in [0.25, 0.3) is 0 Å². The molecule has 1 aromatic rings. The highest BCUT2D eigenvalue weighted by Gasteiger charge is 2.27. The van der Waals surface area contributed by atoms with Gasteiger partial charge in [-0.1, -0.05) is 11.8 Å². The molecule has 0 atom stereocenters. The predicted molar refractivity (Wildman–Crippen MR) is 64.8 cm³/mol. The number of hydrogen-bond acceptors (Lipinski definition) is 4. The Labute approximate surface area is 105 Å². The fourth-order valence-corrected chi connectivity index (χ4v) is 3.01. The summed E-state index contributed by atoms with van der Waals surface area (Å²) >= 11 is 1.52. The van der Waals surface area contributed by atoms with E-state index in [9.17, 15) is 4.79 Å². The van der Waals surface area contributed by atoms with Crippen LogP contribution in [0.3, 0.4) is 0 Å². The number of likely N-dealkylation sites (tertiary alicyclic amines) is 1. The van der Waals surface area contributed by atoms with Gasteiger partial charge in [-0.2, -0.15) is 0 Å². The maximum absolute atomic E-state index is 11.9. The number of carbonyl (C=O) groups excluding carboxylic acids is 1. The quantitative estimate of drug-likeness (QED) is 0.759. The molecular weight excluding hydrogens is 236 g/mol. The number of rotatable bonds is 4. The van der Waals surface area contributed by atoms with Crippen LogP contribution in [0.1, 0.15) is 31.7 Å². The zero-order chi connectivity index (χ0) is 11.7. The molecule has 17 heavy (non-hydrogen) atoms. The second-order valence-electron chi connectivity index (χ2n) is 4.63. The Balaban J connectivity index is 1.55. The van der Waals surface area contributed by atoms with Gasteiger partial charge in [0.15, 0.2) is 5.16 Å². The number of amides is 1. The highest BCUT2D eigenvalue weighted by atomic mass is 32.2. The van der Waals surface area contributed by atoms with Crippen LogP contribution < -0.4 is 0 Å². The van der Waals surface area contributed by atoms with Crippen LogP contribution in [0.15, 0.2) is 11.5 Å². The van der Waals surface area contributed by atoms with E-state index in [-0.39, 0.29) is 5.91 Å². The average Bonchev–Trinajstić information content (AvgIpc) is 2.87. The zero-order valence-corrected chi connectivity index (χ0v) is 10.5. The lowest BCUT2D eigenvalue weighted by Gasteiger charge is -2.14. The minimum atomic E-state index is 0.234. The first-order valence-corrected chi connectivity index (χ1v) is 7.13. The SMILES string of the molecule is O=C(CSc1nncn1C1CC1)N1CCCC1. The van der Waals surface area contributed by atoms with Crippen molar-refractivity contribution in [1.82, 2.24) is 19.7 Å². The van der Waals surface area contributed by atoms with Gasteiger partial charge in [-0.15, -0.1) is 10.2 Å². The standard InChI is InChI=1S/C11H16N4OS/c16-10(14-5-1-2-6-14)7-17-11-13-12-8-15(11)9-3-4-9/h8-9H,1-7H2. The Hall–Kier alpha value is -1.04. The summed E-state index contributed by atoms with van der Waals surface area (Å²) in [6.45, 7) is 1.85. The number of thioether (sulfide) groups is 1. The van der Waals surface area contributed by atoms with Crippen LogP contribution >= 0.6 is 11.8 Å². The summed E-state index contributed by atoms with van der Waals surface area (Å²) in [7, 11) is 0. The molecule has 1 aromatic heterocycles. The first kappa shape index (κ1) is 11.1. The maximum atomic E-state index is 11.9. The molecule has 3 rings (SSSR count). The Bertz CT molecular complexity index is 409. The van der Waals surface area contributed by atoms with Gasteiger partial charge in [-0.25, -0.2) is 0 Å². The van der Waals surface area contributed by atoms with Crippen molar-refractivity contribution in [3.8, 4) is 0 Å². The first-order chi connectivity index (χ1) is 8.34. The molecule has 2 aliphatic rings. The van der Waals surface area contributed by atoms with Crippen molar-refractivity contribution >= 4 is 17.7 Å². The third kappa shape index (κ3) is 2.46. The van der Waals surface area contributed by atoms with E-state index < -0.39 is 0 Å². The van der Waals surface area contributed by atoms with Crippen LogP contribution in [-0.2, 0) is 4.79 Å². The predicted octanol–water partition coefficient (Wildman–Crippen LogP) is 1.33. The Kier molecular flexibility index (Phi) is 3.05. The Morgan fingerprint density at radius 3 is 2.88 bits per heavy atom. The van der Waals surface area contributed by atoms with E-state index in [1.807, 2.05) is 4.90 Å². The smallest absolute Gasteiger partial charge is 0.233 e. The van der Waals surface area contributed by atoms with Crippen molar-refractivity contribution < 1.29 is 4.79 Å². The van der Waals surface area contributed by atoms with E-state index in [0.717, 1.165) is 31.1 Å². The van der Waals surface area contributed by atoms with E-state index >= 15 is 0 Å². The minimum absolute atomic E-state index is 0.234. The lowest BCUT2D eigenvalue weighted by atomic mass is 10.4. The van der Waals surface area contributed by atoms with E-state index in [1.54, 1.807) is 6.33 Å². The Morgan fingerprint density at radius 1 is 1.41 bits per heavy atom. The fourth-order valence-electron chi connectivity index (χ4n) is 2.12. The number of nitrogens with zero attached hydrogens (tertiary/aromatic N) is 4. The van der Waals surface area contributed by atoms with Gasteiger partial charge in [0.1, 0.15) is 6.33 Å². The van der Waals surface area contributed by atoms with E-state index in [2.05, 4.69) is 14.8 Å². The molecule has 1 aliphatic carbocycles. The molecule has 1 saturated carbocycles. The van der Waals surface area contributed by atoms with Gasteiger partial charge in [-0.3, -0.25) is 4.79 Å². The summed E-state index contributed by atoms with van der Waals surface area (Å²) in [6.07, 6.45) is 6.50. The maximum Gasteiger partial charge on any atom is 0.233 e. The van der Waals surface area contributed by atoms with Crippen LogP contribution in [0.25, 0.3) is 0 Å². The van der Waals surface area contributed by atoms with Gasteiger partial charge >= 0.3 is 0 Å². The third-order valence-corrected chi connectivity index (χ3v) is 4.21. The van der Waals surface area contributed by atoms with Crippen LogP contribution in [0.2, 0.25) is 0 Å². The highest BCUT2D eigenvalue weighted by Crippen LogP contribution is 2.37. The van der Waals surface area contributed by atoms with E-state index in [4.69, 9.17) is 0 Å². The van der Waals surface area contributed by atoms with Crippen molar-refractivity contribution in [2.75, 3.05) is 18.8 Å². The molecule has 1 aliphatic heterocycles. The molecule has 0 unspecified atom stereocenters. The lowest BCUT2D eigenvalue weighted by Crippen LogP contribution is -2.29. The second-order valence-corrected chi connectivity index (χ2v) is 5.57. The summed E-state index contributed by atoms with van der Waals surface area (Å²) in [4.78, 5) is 13.8. The fraction of sp³-hybridized carbons (Fsp3) is 0.727. The van der Waals surface area contributed by atoms with Crippen LogP contribution in [0.5, 0.6) is 0 Å². The highest BCUT2D eigenvalue weighted by molar-refractivity contribution is 7.99. The summed E-state index contributed by atoms with van der Waals surface area (Å²) in [6, 6.07) is 0.578. The molecular formula is C11H16N4OS. The second kappa shape index (κ2) is 4.68. The topological polar surface area (TPSA) is 51.0 Å². The molecule has 92 valence electrons. The third-order valence-electron chi connectivity index (χ3n) is 3.26. The van der Waals surface area contributed by atoms with Crippen molar-refractivity contribution in [1.29, 1.82) is 0 Å². The first-order valence-electron chi connectivity index (χ1n) is 6.14. The lowest BCUT2D eigenvalue weighted by molar-refractivity contribution is -0.127. The molecule has 0 N–H and O–H groups in total. The molecule has 0 bridgehead atoms. The van der Waals surface area contributed by atoms with Crippen molar-refractivity contribution in [2.45, 2.75) is 36.9 Å². The molecule has 6 heteroatoms. The van der Waals surface area contributed by atoms with Gasteiger partial charge in [0, 0.05) is 19.1 Å². The van der Waals surface area contributed by atoms with Crippen molar-refractivity contribution in [3.63, 3.8) is 0 Å². The molecule has 1 amide bonds. The molecule has 0 radical (unpaired) electrons. The monoisotopic (exact) mass is 252 g/mol. The molecule has 0 spiro atoms. The summed E-state index contributed by atoms with van der Waals surface area (Å²) < 4.78 is 2.10. The van der Waals surface area contributed by atoms with Crippen molar-refractivity contribution in [2.24, 2.45) is 0 Å². The molecule has 1 saturated heterocycles. The average molecular weight is 252 g/mol. The normalized spacial score (nSPS) is 19.9. The van der Waals surface area contributed by atoms with Gasteiger partial charge < -0.3 is 9.47 Å². The van der Waals surface area contributed by atoms with E-state index in [1.165, 1.54) is 24.6 Å². The zero-order valence-electron chi connectivity index (χ0n) is 9.71.